The molecule has 2 aliphatic rings. The maximum Gasteiger partial charge on any atom is 0.166 e. The molecule has 0 radical (unpaired) electrons. The van der Waals surface area contributed by atoms with Crippen LogP contribution in [-0.2, 0) is 6.42 Å². The zero-order valence-corrected chi connectivity index (χ0v) is 27.9. The highest BCUT2D eigenvalue weighted by Gasteiger charge is 2.32. The SMILES string of the molecule is CCCCCCCC1CCC(C2CCC(c3ccc(-c4ccc(-c5ccc(CCCCC)c(F)c5F)cc4)cc3F)CC2)CC1. The van der Waals surface area contributed by atoms with E-state index < -0.39 is 11.6 Å². The summed E-state index contributed by atoms with van der Waals surface area (Å²) in [5.74, 6) is 1.32. The van der Waals surface area contributed by atoms with Gasteiger partial charge in [-0.25, -0.2) is 13.2 Å². The number of benzene rings is 3. The Kier molecular flexibility index (Phi) is 12.7. The zero-order chi connectivity index (χ0) is 31.6. The van der Waals surface area contributed by atoms with E-state index in [2.05, 4.69) is 13.8 Å². The molecule has 0 amide bonds. The number of unbranched alkanes of at least 4 members (excludes halogenated alkanes) is 6. The second-order valence-electron chi connectivity index (χ2n) is 14.3. The van der Waals surface area contributed by atoms with Crippen LogP contribution in [0.4, 0.5) is 13.2 Å². The quantitative estimate of drug-likeness (QED) is 0.158. The van der Waals surface area contributed by atoms with E-state index in [0.717, 1.165) is 66.5 Å². The molecule has 0 spiro atoms. The first kappa shape index (κ1) is 33.8. The van der Waals surface area contributed by atoms with Crippen LogP contribution >= 0.6 is 0 Å². The third kappa shape index (κ3) is 8.83. The van der Waals surface area contributed by atoms with Crippen LogP contribution in [0.5, 0.6) is 0 Å². The fraction of sp³-hybridized carbons (Fsp3) is 0.571. The molecule has 0 bridgehead atoms. The lowest BCUT2D eigenvalue weighted by Gasteiger charge is -2.38. The van der Waals surface area contributed by atoms with Crippen molar-refractivity contribution < 1.29 is 13.2 Å². The van der Waals surface area contributed by atoms with Gasteiger partial charge in [-0.3, -0.25) is 0 Å². The van der Waals surface area contributed by atoms with E-state index in [1.165, 1.54) is 77.0 Å². The molecule has 5 rings (SSSR count). The summed E-state index contributed by atoms with van der Waals surface area (Å²) in [5, 5.41) is 0. The van der Waals surface area contributed by atoms with Crippen molar-refractivity contribution in [2.75, 3.05) is 0 Å². The Bertz CT molecular complexity index is 1330. The van der Waals surface area contributed by atoms with E-state index in [-0.39, 0.29) is 11.4 Å². The van der Waals surface area contributed by atoms with Crippen molar-refractivity contribution >= 4 is 0 Å². The lowest BCUT2D eigenvalue weighted by atomic mass is 9.68. The summed E-state index contributed by atoms with van der Waals surface area (Å²) in [7, 11) is 0. The van der Waals surface area contributed by atoms with E-state index in [1.807, 2.05) is 24.3 Å². The fourth-order valence-electron chi connectivity index (χ4n) is 8.34. The lowest BCUT2D eigenvalue weighted by molar-refractivity contribution is 0.155. The largest absolute Gasteiger partial charge is 0.207 e. The van der Waals surface area contributed by atoms with Crippen LogP contribution in [0, 0.1) is 35.2 Å². The van der Waals surface area contributed by atoms with Crippen molar-refractivity contribution in [1.29, 1.82) is 0 Å². The molecule has 0 saturated heterocycles. The van der Waals surface area contributed by atoms with Crippen molar-refractivity contribution in [2.45, 2.75) is 135 Å². The summed E-state index contributed by atoms with van der Waals surface area (Å²) in [6.07, 6.45) is 22.2. The summed E-state index contributed by atoms with van der Waals surface area (Å²) in [6.45, 7) is 4.38. The fourth-order valence-corrected chi connectivity index (χ4v) is 8.34. The highest BCUT2D eigenvalue weighted by Crippen LogP contribution is 2.45. The van der Waals surface area contributed by atoms with Gasteiger partial charge in [0.25, 0.3) is 0 Å². The molecule has 0 N–H and O–H groups in total. The molecule has 0 aliphatic heterocycles. The van der Waals surface area contributed by atoms with Gasteiger partial charge in [-0.05, 0) is 109 Å². The molecule has 45 heavy (non-hydrogen) atoms. The summed E-state index contributed by atoms with van der Waals surface area (Å²) >= 11 is 0. The first-order valence-electron chi connectivity index (χ1n) is 18.4. The minimum absolute atomic E-state index is 0.119. The number of halogens is 3. The summed E-state index contributed by atoms with van der Waals surface area (Å²) < 4.78 is 45.2. The van der Waals surface area contributed by atoms with Gasteiger partial charge in [0.05, 0.1) is 0 Å². The van der Waals surface area contributed by atoms with Crippen LogP contribution in [0.25, 0.3) is 22.3 Å². The lowest BCUT2D eigenvalue weighted by Crippen LogP contribution is -2.25. The molecule has 244 valence electrons. The minimum Gasteiger partial charge on any atom is -0.207 e. The molecule has 3 heteroatoms. The van der Waals surface area contributed by atoms with Gasteiger partial charge in [-0.2, -0.15) is 0 Å². The molecule has 2 aliphatic carbocycles. The Balaban J connectivity index is 1.13. The monoisotopic (exact) mass is 616 g/mol. The molecule has 0 nitrogen and oxygen atoms in total. The van der Waals surface area contributed by atoms with E-state index in [0.29, 0.717) is 23.5 Å². The summed E-state index contributed by atoms with van der Waals surface area (Å²) in [6, 6.07) is 16.4. The molecule has 0 heterocycles. The Morgan fingerprint density at radius 3 is 1.82 bits per heavy atom. The number of rotatable bonds is 14. The van der Waals surface area contributed by atoms with E-state index in [1.54, 1.807) is 30.3 Å². The Morgan fingerprint density at radius 1 is 0.556 bits per heavy atom. The van der Waals surface area contributed by atoms with Crippen molar-refractivity contribution in [3.63, 3.8) is 0 Å². The molecule has 2 saturated carbocycles. The van der Waals surface area contributed by atoms with Crippen LogP contribution in [0.15, 0.2) is 54.6 Å². The standard InChI is InChI=1S/C42H55F3/c1-3-5-7-8-10-11-30-13-15-31(16-14-30)32-17-21-34(22-18-32)38-27-26-37(29-40(38)43)33-19-23-35(24-20-33)39-28-25-36(12-9-6-4-2)41(44)42(39)45/h19-20,23-32,34H,3-18,21-22H2,1-2H3. The zero-order valence-electron chi connectivity index (χ0n) is 27.9. The highest BCUT2D eigenvalue weighted by molar-refractivity contribution is 5.71. The smallest absolute Gasteiger partial charge is 0.166 e. The van der Waals surface area contributed by atoms with Gasteiger partial charge in [-0.15, -0.1) is 0 Å². The maximum absolute atomic E-state index is 15.5. The van der Waals surface area contributed by atoms with E-state index in [4.69, 9.17) is 0 Å². The number of hydrogen-bond acceptors (Lipinski definition) is 0. The molecule has 3 aromatic carbocycles. The van der Waals surface area contributed by atoms with Crippen molar-refractivity contribution in [3.8, 4) is 22.3 Å². The van der Waals surface area contributed by atoms with Crippen LogP contribution in [0.2, 0.25) is 0 Å². The molecular weight excluding hydrogens is 561 g/mol. The molecule has 0 aromatic heterocycles. The van der Waals surface area contributed by atoms with Crippen LogP contribution in [-0.4, -0.2) is 0 Å². The minimum atomic E-state index is -0.789. The van der Waals surface area contributed by atoms with Gasteiger partial charge in [0.15, 0.2) is 11.6 Å². The van der Waals surface area contributed by atoms with Crippen molar-refractivity contribution in [3.05, 3.63) is 83.2 Å². The third-order valence-corrected chi connectivity index (χ3v) is 11.2. The molecular formula is C42H55F3. The molecule has 2 fully saturated rings. The molecule has 0 atom stereocenters. The highest BCUT2D eigenvalue weighted by atomic mass is 19.2. The first-order chi connectivity index (χ1) is 22.0. The molecule has 0 unspecified atom stereocenters. The van der Waals surface area contributed by atoms with E-state index in [9.17, 15) is 8.78 Å². The topological polar surface area (TPSA) is 0 Å². The van der Waals surface area contributed by atoms with Gasteiger partial charge >= 0.3 is 0 Å². The summed E-state index contributed by atoms with van der Waals surface area (Å²) in [5.41, 5.74) is 3.88. The first-order valence-corrected chi connectivity index (χ1v) is 18.4. The predicted molar refractivity (Wildman–Crippen MR) is 184 cm³/mol. The maximum atomic E-state index is 15.5. The van der Waals surface area contributed by atoms with Crippen LogP contribution in [0.1, 0.15) is 140 Å². The van der Waals surface area contributed by atoms with Gasteiger partial charge in [-0.1, -0.05) is 127 Å². The average Bonchev–Trinajstić information content (AvgIpc) is 3.07. The van der Waals surface area contributed by atoms with Gasteiger partial charge < -0.3 is 0 Å². The third-order valence-electron chi connectivity index (χ3n) is 11.2. The van der Waals surface area contributed by atoms with Crippen LogP contribution < -0.4 is 0 Å². The van der Waals surface area contributed by atoms with Crippen molar-refractivity contribution in [2.24, 2.45) is 17.8 Å². The van der Waals surface area contributed by atoms with Gasteiger partial charge in [0, 0.05) is 5.56 Å². The molecule has 3 aromatic rings. The average molecular weight is 617 g/mol. The Hall–Kier alpha value is -2.55. The Morgan fingerprint density at radius 2 is 1.16 bits per heavy atom. The normalized spacial score (nSPS) is 22.1. The second-order valence-corrected chi connectivity index (χ2v) is 14.3. The summed E-state index contributed by atoms with van der Waals surface area (Å²) in [4.78, 5) is 0. The van der Waals surface area contributed by atoms with Crippen LogP contribution in [0.3, 0.4) is 0 Å². The van der Waals surface area contributed by atoms with E-state index >= 15 is 4.39 Å². The second kappa shape index (κ2) is 16.8. The number of aryl methyl sites for hydroxylation is 1. The predicted octanol–water partition coefficient (Wildman–Crippen LogP) is 13.6. The van der Waals surface area contributed by atoms with Gasteiger partial charge in [0.2, 0.25) is 0 Å². The van der Waals surface area contributed by atoms with Crippen molar-refractivity contribution in [1.82, 2.24) is 0 Å². The Labute approximate surface area is 271 Å². The number of hydrogen-bond donors (Lipinski definition) is 0. The van der Waals surface area contributed by atoms with Gasteiger partial charge in [0.1, 0.15) is 5.82 Å².